The van der Waals surface area contributed by atoms with Crippen LogP contribution in [0.3, 0.4) is 0 Å². The predicted molar refractivity (Wildman–Crippen MR) is 106 cm³/mol. The summed E-state index contributed by atoms with van der Waals surface area (Å²) in [5.41, 5.74) is 1.48. The first-order valence-corrected chi connectivity index (χ1v) is 8.93. The van der Waals surface area contributed by atoms with Gasteiger partial charge in [-0.2, -0.15) is 8.78 Å². The van der Waals surface area contributed by atoms with Crippen LogP contribution in [0.5, 0.6) is 11.5 Å². The first-order valence-electron chi connectivity index (χ1n) is 8.93. The van der Waals surface area contributed by atoms with Gasteiger partial charge in [0.05, 0.1) is 7.11 Å². The number of halogens is 2. The fourth-order valence-corrected chi connectivity index (χ4v) is 2.42. The minimum absolute atomic E-state index is 0.0951. The molecule has 2 rings (SSSR count). The number of amides is 2. The summed E-state index contributed by atoms with van der Waals surface area (Å²) in [6, 6.07) is 10.9. The Balaban J connectivity index is 2.03. The smallest absolute Gasteiger partial charge is 0.387 e. The van der Waals surface area contributed by atoms with Gasteiger partial charge in [0, 0.05) is 23.9 Å². The number of hydrogen-bond acceptors (Lipinski definition) is 4. The summed E-state index contributed by atoms with van der Waals surface area (Å²) in [6.07, 6.45) is 3.61. The number of benzene rings is 2. The highest BCUT2D eigenvalue weighted by atomic mass is 19.3. The standard InChI is InChI=1S/C21H22F2N2O4/c1-3-11-24-20(27)15-5-4-6-16(13-15)25-19(26)10-8-14-7-9-17(29-21(22)23)18(12-14)28-2/h4-10,12-13,21H,3,11H2,1-2H3,(H,24,27)(H,25,26)/b10-8+. The number of methoxy groups -OCH3 is 1. The summed E-state index contributed by atoms with van der Waals surface area (Å²) < 4.78 is 34.1. The van der Waals surface area contributed by atoms with Crippen molar-refractivity contribution in [2.45, 2.75) is 20.0 Å². The van der Waals surface area contributed by atoms with Crippen molar-refractivity contribution in [1.29, 1.82) is 0 Å². The SMILES string of the molecule is CCCNC(=O)c1cccc(NC(=O)/C=C/c2ccc(OC(F)F)c(OC)c2)c1. The van der Waals surface area contributed by atoms with E-state index in [2.05, 4.69) is 15.4 Å². The Morgan fingerprint density at radius 1 is 1.14 bits per heavy atom. The third-order valence-corrected chi connectivity index (χ3v) is 3.76. The van der Waals surface area contributed by atoms with Crippen LogP contribution in [0, 0.1) is 0 Å². The third-order valence-electron chi connectivity index (χ3n) is 3.76. The van der Waals surface area contributed by atoms with Crippen LogP contribution in [0.2, 0.25) is 0 Å². The van der Waals surface area contributed by atoms with E-state index in [0.717, 1.165) is 6.42 Å². The quantitative estimate of drug-likeness (QED) is 0.618. The molecule has 0 radical (unpaired) electrons. The van der Waals surface area contributed by atoms with E-state index >= 15 is 0 Å². The van der Waals surface area contributed by atoms with Gasteiger partial charge in [0.1, 0.15) is 0 Å². The lowest BCUT2D eigenvalue weighted by Crippen LogP contribution is -2.24. The van der Waals surface area contributed by atoms with E-state index in [1.165, 1.54) is 37.5 Å². The van der Waals surface area contributed by atoms with Crippen molar-refractivity contribution in [3.63, 3.8) is 0 Å². The normalized spacial score (nSPS) is 10.8. The zero-order valence-electron chi connectivity index (χ0n) is 16.1. The second-order valence-electron chi connectivity index (χ2n) is 5.95. The van der Waals surface area contributed by atoms with Crippen molar-refractivity contribution in [3.8, 4) is 11.5 Å². The van der Waals surface area contributed by atoms with Crippen LogP contribution < -0.4 is 20.1 Å². The number of nitrogens with one attached hydrogen (secondary N) is 2. The van der Waals surface area contributed by atoms with Crippen LogP contribution in [0.15, 0.2) is 48.5 Å². The number of anilines is 1. The highest BCUT2D eigenvalue weighted by Crippen LogP contribution is 2.29. The number of alkyl halides is 2. The van der Waals surface area contributed by atoms with Gasteiger partial charge in [0.15, 0.2) is 11.5 Å². The van der Waals surface area contributed by atoms with Gasteiger partial charge in [-0.1, -0.05) is 19.1 Å². The highest BCUT2D eigenvalue weighted by molar-refractivity contribution is 6.03. The fraction of sp³-hybridized carbons (Fsp3) is 0.238. The molecule has 0 saturated heterocycles. The lowest BCUT2D eigenvalue weighted by atomic mass is 10.1. The molecule has 2 aromatic carbocycles. The van der Waals surface area contributed by atoms with Gasteiger partial charge in [0.2, 0.25) is 5.91 Å². The summed E-state index contributed by atoms with van der Waals surface area (Å²) >= 11 is 0. The first-order chi connectivity index (χ1) is 13.9. The maximum absolute atomic E-state index is 12.4. The van der Waals surface area contributed by atoms with Gasteiger partial charge in [-0.3, -0.25) is 9.59 Å². The summed E-state index contributed by atoms with van der Waals surface area (Å²) in [5, 5.41) is 5.44. The molecule has 0 atom stereocenters. The first kappa shape index (κ1) is 21.9. The lowest BCUT2D eigenvalue weighted by molar-refractivity contribution is -0.111. The average Bonchev–Trinajstić information content (AvgIpc) is 2.71. The van der Waals surface area contributed by atoms with Crippen LogP contribution in [0.4, 0.5) is 14.5 Å². The molecule has 0 heterocycles. The zero-order valence-corrected chi connectivity index (χ0v) is 16.1. The molecule has 0 aliphatic carbocycles. The molecule has 2 N–H and O–H groups in total. The average molecular weight is 404 g/mol. The van der Waals surface area contributed by atoms with Crippen molar-refractivity contribution in [2.24, 2.45) is 0 Å². The molecule has 8 heteroatoms. The fourth-order valence-electron chi connectivity index (χ4n) is 2.42. The second-order valence-corrected chi connectivity index (χ2v) is 5.95. The largest absolute Gasteiger partial charge is 0.493 e. The van der Waals surface area contributed by atoms with E-state index in [4.69, 9.17) is 4.74 Å². The number of rotatable bonds is 9. The molecule has 2 aromatic rings. The molecule has 6 nitrogen and oxygen atoms in total. The van der Waals surface area contributed by atoms with E-state index < -0.39 is 12.5 Å². The van der Waals surface area contributed by atoms with Crippen LogP contribution in [0.1, 0.15) is 29.3 Å². The molecule has 0 aliphatic rings. The molecule has 0 aliphatic heterocycles. The Morgan fingerprint density at radius 2 is 1.93 bits per heavy atom. The number of hydrogen-bond donors (Lipinski definition) is 2. The van der Waals surface area contributed by atoms with Gasteiger partial charge in [-0.15, -0.1) is 0 Å². The van der Waals surface area contributed by atoms with Gasteiger partial charge < -0.3 is 20.1 Å². The Kier molecular flexibility index (Phi) is 8.14. The maximum Gasteiger partial charge on any atom is 0.387 e. The Labute approximate surface area is 167 Å². The van der Waals surface area contributed by atoms with Crippen LogP contribution in [0.25, 0.3) is 6.08 Å². The molecule has 0 aromatic heterocycles. The van der Waals surface area contributed by atoms with Gasteiger partial charge in [-0.25, -0.2) is 0 Å². The second kappa shape index (κ2) is 10.8. The molecule has 29 heavy (non-hydrogen) atoms. The van der Waals surface area contributed by atoms with Crippen LogP contribution in [-0.2, 0) is 4.79 Å². The van der Waals surface area contributed by atoms with Crippen molar-refractivity contribution >= 4 is 23.6 Å². The maximum atomic E-state index is 12.4. The molecule has 0 spiro atoms. The number of ether oxygens (including phenoxy) is 2. The monoisotopic (exact) mass is 404 g/mol. The van der Waals surface area contributed by atoms with Crippen molar-refractivity contribution < 1.29 is 27.8 Å². The lowest BCUT2D eigenvalue weighted by Gasteiger charge is -2.10. The summed E-state index contributed by atoms with van der Waals surface area (Å²) in [6.45, 7) is -0.433. The van der Waals surface area contributed by atoms with Crippen LogP contribution >= 0.6 is 0 Å². The van der Waals surface area contributed by atoms with E-state index in [1.807, 2.05) is 6.92 Å². The van der Waals surface area contributed by atoms with Crippen molar-refractivity contribution in [3.05, 3.63) is 59.7 Å². The topological polar surface area (TPSA) is 76.7 Å². The van der Waals surface area contributed by atoms with Crippen molar-refractivity contribution in [2.75, 3.05) is 19.0 Å². The molecule has 0 fully saturated rings. The van der Waals surface area contributed by atoms with Gasteiger partial charge in [-0.05, 0) is 48.4 Å². The summed E-state index contributed by atoms with van der Waals surface area (Å²) in [5.74, 6) is -0.597. The van der Waals surface area contributed by atoms with E-state index in [1.54, 1.807) is 24.3 Å². The predicted octanol–water partition coefficient (Wildman–Crippen LogP) is 4.09. The molecular weight excluding hydrogens is 382 g/mol. The summed E-state index contributed by atoms with van der Waals surface area (Å²) in [4.78, 5) is 24.2. The molecule has 154 valence electrons. The highest BCUT2D eigenvalue weighted by Gasteiger charge is 2.10. The van der Waals surface area contributed by atoms with Crippen LogP contribution in [-0.4, -0.2) is 32.1 Å². The number of carbonyl (C=O) groups is 2. The third kappa shape index (κ3) is 6.91. The Bertz CT molecular complexity index is 885. The Hall–Kier alpha value is -3.42. The van der Waals surface area contributed by atoms with E-state index in [0.29, 0.717) is 23.4 Å². The molecule has 0 saturated carbocycles. The van der Waals surface area contributed by atoms with Gasteiger partial charge in [0.25, 0.3) is 5.91 Å². The molecular formula is C21H22F2N2O4. The Morgan fingerprint density at radius 3 is 2.62 bits per heavy atom. The number of carbonyl (C=O) groups excluding carboxylic acids is 2. The zero-order chi connectivity index (χ0) is 21.2. The van der Waals surface area contributed by atoms with E-state index in [9.17, 15) is 18.4 Å². The minimum Gasteiger partial charge on any atom is -0.493 e. The minimum atomic E-state index is -2.96. The van der Waals surface area contributed by atoms with Crippen molar-refractivity contribution in [1.82, 2.24) is 5.32 Å². The van der Waals surface area contributed by atoms with E-state index in [-0.39, 0.29) is 17.4 Å². The molecule has 2 amide bonds. The summed E-state index contributed by atoms with van der Waals surface area (Å²) in [7, 11) is 1.33. The molecule has 0 bridgehead atoms. The van der Waals surface area contributed by atoms with Gasteiger partial charge >= 0.3 is 6.61 Å². The molecule has 0 unspecified atom stereocenters.